The number of hydrogen-bond acceptors (Lipinski definition) is 3. The molecule has 134 valence electrons. The molecule has 3 aromatic rings. The summed E-state index contributed by atoms with van der Waals surface area (Å²) in [6.45, 7) is 5.43. The first-order valence-corrected chi connectivity index (χ1v) is 8.04. The summed E-state index contributed by atoms with van der Waals surface area (Å²) in [5.74, 6) is 0.621. The highest BCUT2D eigenvalue weighted by Gasteiger charge is 2.14. The Balaban J connectivity index is 0.00000225. The molecular formula is C19H23ClFN3O. The first-order chi connectivity index (χ1) is 11.6. The van der Waals surface area contributed by atoms with Gasteiger partial charge in [0.05, 0.1) is 12.1 Å². The van der Waals surface area contributed by atoms with Gasteiger partial charge in [-0.2, -0.15) is 0 Å². The van der Waals surface area contributed by atoms with Crippen LogP contribution in [-0.4, -0.2) is 23.7 Å². The number of aromatic amines is 1. The number of nitrogens with one attached hydrogen (secondary N) is 2. The van der Waals surface area contributed by atoms with Gasteiger partial charge in [-0.1, -0.05) is 12.1 Å². The van der Waals surface area contributed by atoms with Crippen LogP contribution in [0.25, 0.3) is 10.9 Å². The lowest BCUT2D eigenvalue weighted by atomic mass is 10.1. The molecule has 0 radical (unpaired) electrons. The molecule has 25 heavy (non-hydrogen) atoms. The molecule has 0 bridgehead atoms. The molecule has 0 atom stereocenters. The van der Waals surface area contributed by atoms with Gasteiger partial charge < -0.3 is 15.0 Å². The summed E-state index contributed by atoms with van der Waals surface area (Å²) in [6.07, 6.45) is 2.71. The molecule has 0 unspecified atom stereocenters. The number of hydrogen-bond donors (Lipinski definition) is 2. The van der Waals surface area contributed by atoms with E-state index in [1.54, 1.807) is 19.2 Å². The average Bonchev–Trinajstić information content (AvgIpc) is 2.89. The molecule has 2 heterocycles. The topological polar surface area (TPSA) is 49.9 Å². The zero-order chi connectivity index (χ0) is 17.1. The summed E-state index contributed by atoms with van der Waals surface area (Å²) in [5, 5.41) is 4.49. The molecule has 2 aromatic heterocycles. The van der Waals surface area contributed by atoms with Crippen molar-refractivity contribution in [3.63, 3.8) is 0 Å². The molecule has 0 aliphatic rings. The molecule has 0 spiro atoms. The molecule has 0 amide bonds. The van der Waals surface area contributed by atoms with Crippen LogP contribution >= 0.6 is 12.4 Å². The molecule has 2 N–H and O–H groups in total. The molecule has 0 aliphatic heterocycles. The maximum Gasteiger partial charge on any atom is 0.135 e. The van der Waals surface area contributed by atoms with Crippen LogP contribution in [0.1, 0.15) is 22.4 Å². The molecule has 0 saturated carbocycles. The number of H-pyrrole nitrogens is 1. The summed E-state index contributed by atoms with van der Waals surface area (Å²) in [5.41, 5.74) is 5.61. The van der Waals surface area contributed by atoms with E-state index in [0.717, 1.165) is 40.0 Å². The van der Waals surface area contributed by atoms with Gasteiger partial charge in [-0.15, -0.1) is 12.4 Å². The van der Waals surface area contributed by atoms with Crippen LogP contribution in [0.5, 0.6) is 0 Å². The van der Waals surface area contributed by atoms with E-state index in [9.17, 15) is 4.39 Å². The van der Waals surface area contributed by atoms with Crippen molar-refractivity contribution in [2.24, 2.45) is 0 Å². The fourth-order valence-corrected chi connectivity index (χ4v) is 2.85. The monoisotopic (exact) mass is 363 g/mol. The van der Waals surface area contributed by atoms with E-state index in [1.165, 1.54) is 17.7 Å². The number of methoxy groups -OCH3 is 1. The quantitative estimate of drug-likeness (QED) is 0.676. The van der Waals surface area contributed by atoms with E-state index in [2.05, 4.69) is 29.1 Å². The number of halogens is 2. The highest BCUT2D eigenvalue weighted by atomic mass is 35.5. The van der Waals surface area contributed by atoms with Gasteiger partial charge in [-0.05, 0) is 49.1 Å². The molecule has 1 aromatic carbocycles. The van der Waals surface area contributed by atoms with Crippen molar-refractivity contribution in [3.8, 4) is 0 Å². The minimum Gasteiger partial charge on any atom is -0.384 e. The lowest BCUT2D eigenvalue weighted by molar-refractivity contribution is 0.202. The maximum absolute atomic E-state index is 13.0. The number of pyridine rings is 1. The van der Waals surface area contributed by atoms with Crippen LogP contribution in [0.4, 0.5) is 10.2 Å². The summed E-state index contributed by atoms with van der Waals surface area (Å²) < 4.78 is 18.2. The van der Waals surface area contributed by atoms with E-state index in [1.807, 2.05) is 6.20 Å². The molecule has 0 saturated heterocycles. The Morgan fingerprint density at radius 2 is 1.92 bits per heavy atom. The maximum atomic E-state index is 13.0. The molecule has 4 nitrogen and oxygen atoms in total. The molecular weight excluding hydrogens is 341 g/mol. The fraction of sp³-hybridized carbons (Fsp3) is 0.316. The third-order valence-electron chi connectivity index (χ3n) is 4.36. The number of nitrogens with zero attached hydrogens (tertiary/aromatic N) is 1. The highest BCUT2D eigenvalue weighted by Crippen LogP contribution is 2.30. The summed E-state index contributed by atoms with van der Waals surface area (Å²) in [4.78, 5) is 8.07. The van der Waals surface area contributed by atoms with Crippen molar-refractivity contribution in [2.75, 3.05) is 19.0 Å². The smallest absolute Gasteiger partial charge is 0.135 e. The van der Waals surface area contributed by atoms with Crippen molar-refractivity contribution < 1.29 is 9.13 Å². The zero-order valence-corrected chi connectivity index (χ0v) is 15.5. The van der Waals surface area contributed by atoms with Gasteiger partial charge in [-0.25, -0.2) is 9.37 Å². The number of ether oxygens (including phenoxy) is 1. The number of anilines is 1. The Kier molecular flexibility index (Phi) is 6.39. The van der Waals surface area contributed by atoms with Gasteiger partial charge in [0.15, 0.2) is 0 Å². The lowest BCUT2D eigenvalue weighted by Crippen LogP contribution is -2.04. The second-order valence-corrected chi connectivity index (χ2v) is 5.98. The predicted octanol–water partition coefficient (Wildman–Crippen LogP) is 4.54. The van der Waals surface area contributed by atoms with Gasteiger partial charge in [-0.3, -0.25) is 0 Å². The van der Waals surface area contributed by atoms with Crippen LogP contribution < -0.4 is 5.32 Å². The van der Waals surface area contributed by atoms with Gasteiger partial charge in [0.1, 0.15) is 11.6 Å². The van der Waals surface area contributed by atoms with Crippen LogP contribution in [0, 0.1) is 19.7 Å². The van der Waals surface area contributed by atoms with E-state index >= 15 is 0 Å². The average molecular weight is 364 g/mol. The summed E-state index contributed by atoms with van der Waals surface area (Å²) in [7, 11) is 1.70. The number of fused-ring (bicyclic) bond motifs is 1. The molecule has 0 aliphatic carbocycles. The number of benzene rings is 1. The number of rotatable bonds is 6. The molecule has 3 rings (SSSR count). The van der Waals surface area contributed by atoms with Gasteiger partial charge in [0.25, 0.3) is 0 Å². The van der Waals surface area contributed by atoms with Crippen molar-refractivity contribution in [1.82, 2.24) is 9.97 Å². The fourth-order valence-electron chi connectivity index (χ4n) is 2.85. The van der Waals surface area contributed by atoms with Crippen molar-refractivity contribution in [1.29, 1.82) is 0 Å². The van der Waals surface area contributed by atoms with Gasteiger partial charge >= 0.3 is 0 Å². The minimum absolute atomic E-state index is 0. The zero-order valence-electron chi connectivity index (χ0n) is 14.6. The van der Waals surface area contributed by atoms with E-state index in [0.29, 0.717) is 13.2 Å². The third kappa shape index (κ3) is 4.11. The van der Waals surface area contributed by atoms with Crippen LogP contribution in [0.15, 0.2) is 30.5 Å². The van der Waals surface area contributed by atoms with Gasteiger partial charge in [0.2, 0.25) is 0 Å². The van der Waals surface area contributed by atoms with Gasteiger partial charge in [0, 0.05) is 30.9 Å². The number of aryl methyl sites for hydroxylation is 2. The highest BCUT2D eigenvalue weighted by molar-refractivity contribution is 5.95. The van der Waals surface area contributed by atoms with E-state index < -0.39 is 0 Å². The van der Waals surface area contributed by atoms with Crippen molar-refractivity contribution in [2.45, 2.75) is 26.8 Å². The lowest BCUT2D eigenvalue weighted by Gasteiger charge is -2.10. The van der Waals surface area contributed by atoms with Crippen molar-refractivity contribution in [3.05, 3.63) is 58.7 Å². The minimum atomic E-state index is -0.223. The van der Waals surface area contributed by atoms with Crippen molar-refractivity contribution >= 4 is 29.1 Å². The Morgan fingerprint density at radius 3 is 2.60 bits per heavy atom. The SMILES string of the molecule is COCCc1cnc(NCc2ccc(F)cc2)c2c(C)c(C)[nH]c12.Cl. The van der Waals surface area contributed by atoms with Crippen LogP contribution in [-0.2, 0) is 17.7 Å². The first-order valence-electron chi connectivity index (χ1n) is 8.04. The van der Waals surface area contributed by atoms with E-state index in [-0.39, 0.29) is 18.2 Å². The van der Waals surface area contributed by atoms with E-state index in [4.69, 9.17) is 4.74 Å². The summed E-state index contributed by atoms with van der Waals surface area (Å²) >= 11 is 0. The first kappa shape index (κ1) is 19.2. The predicted molar refractivity (Wildman–Crippen MR) is 102 cm³/mol. The second kappa shape index (κ2) is 8.32. The standard InChI is InChI=1S/C19H22FN3O.ClH/c1-12-13(2)23-18-15(8-9-24-3)11-22-19(17(12)18)21-10-14-4-6-16(20)7-5-14;/h4-7,11,23H,8-10H2,1-3H3,(H,21,22);1H. The Morgan fingerprint density at radius 1 is 1.20 bits per heavy atom. The van der Waals surface area contributed by atoms with Crippen LogP contribution in [0.3, 0.4) is 0 Å². The summed E-state index contributed by atoms with van der Waals surface area (Å²) in [6, 6.07) is 6.50. The Hall–Kier alpha value is -2.11. The van der Waals surface area contributed by atoms with Crippen LogP contribution in [0.2, 0.25) is 0 Å². The number of aromatic nitrogens is 2. The Labute approximate surface area is 153 Å². The molecule has 6 heteroatoms. The second-order valence-electron chi connectivity index (χ2n) is 5.98. The Bertz CT molecular complexity index is 846. The molecule has 0 fully saturated rings. The third-order valence-corrected chi connectivity index (χ3v) is 4.36. The largest absolute Gasteiger partial charge is 0.384 e. The normalized spacial score (nSPS) is 10.7.